The van der Waals surface area contributed by atoms with Gasteiger partial charge in [-0.1, -0.05) is 0 Å². The molecule has 0 aliphatic carbocycles. The van der Waals surface area contributed by atoms with Crippen LogP contribution in [0.15, 0.2) is 39.3 Å². The van der Waals surface area contributed by atoms with Gasteiger partial charge in [-0.15, -0.1) is 5.11 Å². The summed E-state index contributed by atoms with van der Waals surface area (Å²) >= 11 is 0. The van der Waals surface area contributed by atoms with E-state index >= 15 is 0 Å². The highest BCUT2D eigenvalue weighted by Crippen LogP contribution is 2.20. The highest BCUT2D eigenvalue weighted by atomic mass is 16.5. The summed E-state index contributed by atoms with van der Waals surface area (Å²) in [5, 5.41) is 13.1. The van der Waals surface area contributed by atoms with E-state index in [1.54, 1.807) is 19.1 Å². The molecule has 0 saturated carbocycles. The standard InChI is InChI=1S/C12H14N4O2/c1-3-18-10-6-4-9(5-7-10)14-15-11-8(2)13-16-12(11)17/h4-7H,3H2,1-2H3,(H2,13,16,17). The molecule has 0 spiro atoms. The SMILES string of the molecule is CCOc1ccc(N=Nc2c(C)[nH][nH]c2=O)cc1. The molecular weight excluding hydrogens is 232 g/mol. The molecular formula is C12H14N4O2. The Morgan fingerprint density at radius 3 is 2.44 bits per heavy atom. The smallest absolute Gasteiger partial charge is 0.291 e. The number of benzene rings is 1. The molecule has 6 nitrogen and oxygen atoms in total. The Morgan fingerprint density at radius 2 is 1.89 bits per heavy atom. The lowest BCUT2D eigenvalue weighted by Crippen LogP contribution is -1.96. The van der Waals surface area contributed by atoms with Crippen molar-refractivity contribution in [2.75, 3.05) is 6.61 Å². The first-order valence-corrected chi connectivity index (χ1v) is 5.62. The molecule has 94 valence electrons. The lowest BCUT2D eigenvalue weighted by molar-refractivity contribution is 0.340. The van der Waals surface area contributed by atoms with E-state index < -0.39 is 0 Å². The van der Waals surface area contributed by atoms with Gasteiger partial charge in [-0.05, 0) is 38.1 Å². The lowest BCUT2D eigenvalue weighted by Gasteiger charge is -2.01. The number of azo groups is 1. The fourth-order valence-corrected chi connectivity index (χ4v) is 1.44. The Kier molecular flexibility index (Phi) is 3.57. The highest BCUT2D eigenvalue weighted by Gasteiger charge is 2.03. The third-order valence-electron chi connectivity index (χ3n) is 2.35. The van der Waals surface area contributed by atoms with Crippen molar-refractivity contribution >= 4 is 11.4 Å². The fraction of sp³-hybridized carbons (Fsp3) is 0.250. The van der Waals surface area contributed by atoms with Crippen LogP contribution < -0.4 is 10.3 Å². The number of hydrogen-bond donors (Lipinski definition) is 2. The monoisotopic (exact) mass is 246 g/mol. The maximum Gasteiger partial charge on any atom is 0.291 e. The zero-order valence-corrected chi connectivity index (χ0v) is 10.2. The summed E-state index contributed by atoms with van der Waals surface area (Å²) in [5.41, 5.74) is 1.35. The number of ether oxygens (including phenoxy) is 1. The average molecular weight is 246 g/mol. The number of aromatic amines is 2. The summed E-state index contributed by atoms with van der Waals surface area (Å²) in [6.07, 6.45) is 0. The first-order chi connectivity index (χ1) is 8.70. The maximum atomic E-state index is 11.3. The first-order valence-electron chi connectivity index (χ1n) is 5.62. The van der Waals surface area contributed by atoms with Crippen molar-refractivity contribution in [3.63, 3.8) is 0 Å². The summed E-state index contributed by atoms with van der Waals surface area (Å²) in [5.74, 6) is 0.784. The van der Waals surface area contributed by atoms with Gasteiger partial charge in [0.25, 0.3) is 5.56 Å². The van der Waals surface area contributed by atoms with Crippen LogP contribution in [0, 0.1) is 6.92 Å². The molecule has 2 N–H and O–H groups in total. The Labute approximate surface area is 104 Å². The average Bonchev–Trinajstić information content (AvgIpc) is 2.69. The van der Waals surface area contributed by atoms with Crippen LogP contribution in [0.25, 0.3) is 0 Å². The molecule has 2 aromatic rings. The molecule has 0 fully saturated rings. The van der Waals surface area contributed by atoms with Gasteiger partial charge >= 0.3 is 0 Å². The topological polar surface area (TPSA) is 82.6 Å². The van der Waals surface area contributed by atoms with Crippen molar-refractivity contribution in [3.8, 4) is 5.75 Å². The van der Waals surface area contributed by atoms with Gasteiger partial charge < -0.3 is 9.84 Å². The summed E-state index contributed by atoms with van der Waals surface area (Å²) in [6, 6.07) is 7.19. The number of nitrogens with one attached hydrogen (secondary N) is 2. The van der Waals surface area contributed by atoms with Crippen LogP contribution in [0.5, 0.6) is 5.75 Å². The molecule has 1 aromatic heterocycles. The van der Waals surface area contributed by atoms with E-state index in [9.17, 15) is 4.79 Å². The number of hydrogen-bond acceptors (Lipinski definition) is 4. The van der Waals surface area contributed by atoms with Crippen LogP contribution in [-0.4, -0.2) is 16.8 Å². The second kappa shape index (κ2) is 5.31. The predicted octanol–water partition coefficient (Wildman–Crippen LogP) is 2.83. The van der Waals surface area contributed by atoms with Gasteiger partial charge in [-0.2, -0.15) is 5.11 Å². The van der Waals surface area contributed by atoms with E-state index in [1.165, 1.54) is 0 Å². The third-order valence-corrected chi connectivity index (χ3v) is 2.35. The van der Waals surface area contributed by atoms with Crippen molar-refractivity contribution in [1.29, 1.82) is 0 Å². The minimum Gasteiger partial charge on any atom is -0.494 e. The van der Waals surface area contributed by atoms with E-state index in [1.807, 2.05) is 19.1 Å². The van der Waals surface area contributed by atoms with Gasteiger partial charge in [-0.3, -0.25) is 9.89 Å². The van der Waals surface area contributed by atoms with E-state index in [4.69, 9.17) is 4.74 Å². The quantitative estimate of drug-likeness (QED) is 0.813. The van der Waals surface area contributed by atoms with Crippen LogP contribution in [0.2, 0.25) is 0 Å². The summed E-state index contributed by atoms with van der Waals surface area (Å²) < 4.78 is 5.32. The maximum absolute atomic E-state index is 11.3. The molecule has 0 aliphatic heterocycles. The van der Waals surface area contributed by atoms with Gasteiger partial charge in [0.2, 0.25) is 0 Å². The molecule has 0 saturated heterocycles. The van der Waals surface area contributed by atoms with E-state index in [0.29, 0.717) is 23.7 Å². The second-order valence-electron chi connectivity index (χ2n) is 3.68. The minimum atomic E-state index is -0.276. The number of aromatic nitrogens is 2. The number of H-pyrrole nitrogens is 2. The van der Waals surface area contributed by atoms with Gasteiger partial charge in [-0.25, -0.2) is 0 Å². The molecule has 6 heteroatoms. The molecule has 0 radical (unpaired) electrons. The first kappa shape index (κ1) is 12.1. The van der Waals surface area contributed by atoms with E-state index in [-0.39, 0.29) is 5.56 Å². The zero-order chi connectivity index (χ0) is 13.0. The van der Waals surface area contributed by atoms with Gasteiger partial charge in [0.1, 0.15) is 5.75 Å². The van der Waals surface area contributed by atoms with Crippen molar-refractivity contribution in [2.24, 2.45) is 10.2 Å². The fourth-order valence-electron chi connectivity index (χ4n) is 1.44. The predicted molar refractivity (Wildman–Crippen MR) is 67.9 cm³/mol. The third kappa shape index (κ3) is 2.65. The summed E-state index contributed by atoms with van der Waals surface area (Å²) in [4.78, 5) is 11.3. The van der Waals surface area contributed by atoms with Crippen molar-refractivity contribution in [1.82, 2.24) is 10.2 Å². The highest BCUT2D eigenvalue weighted by molar-refractivity contribution is 5.43. The number of nitrogens with zero attached hydrogens (tertiary/aromatic N) is 2. The second-order valence-corrected chi connectivity index (χ2v) is 3.68. The molecule has 1 aromatic carbocycles. The van der Waals surface area contributed by atoms with Gasteiger partial charge in [0.15, 0.2) is 5.69 Å². The number of rotatable bonds is 4. The molecule has 0 unspecified atom stereocenters. The minimum absolute atomic E-state index is 0.276. The number of aryl methyl sites for hydroxylation is 1. The molecule has 18 heavy (non-hydrogen) atoms. The largest absolute Gasteiger partial charge is 0.494 e. The molecule has 0 aliphatic rings. The van der Waals surface area contributed by atoms with Crippen LogP contribution in [0.1, 0.15) is 12.6 Å². The summed E-state index contributed by atoms with van der Waals surface area (Å²) in [7, 11) is 0. The van der Waals surface area contributed by atoms with Crippen molar-refractivity contribution < 1.29 is 4.74 Å². The van der Waals surface area contributed by atoms with Crippen LogP contribution in [0.3, 0.4) is 0 Å². The molecule has 0 amide bonds. The summed E-state index contributed by atoms with van der Waals surface area (Å²) in [6.45, 7) is 4.30. The van der Waals surface area contributed by atoms with E-state index in [0.717, 1.165) is 5.75 Å². The molecule has 2 rings (SSSR count). The Bertz CT molecular complexity index is 595. The van der Waals surface area contributed by atoms with Crippen LogP contribution >= 0.6 is 0 Å². The zero-order valence-electron chi connectivity index (χ0n) is 10.2. The molecule has 0 bridgehead atoms. The van der Waals surface area contributed by atoms with Gasteiger partial charge in [0.05, 0.1) is 18.0 Å². The normalized spacial score (nSPS) is 11.0. The Morgan fingerprint density at radius 1 is 1.17 bits per heavy atom. The molecule has 1 heterocycles. The Hall–Kier alpha value is -2.37. The van der Waals surface area contributed by atoms with Crippen molar-refractivity contribution in [2.45, 2.75) is 13.8 Å². The lowest BCUT2D eigenvalue weighted by atomic mass is 10.3. The van der Waals surface area contributed by atoms with Crippen LogP contribution in [-0.2, 0) is 0 Å². The van der Waals surface area contributed by atoms with Crippen molar-refractivity contribution in [3.05, 3.63) is 40.3 Å². The molecule has 0 atom stereocenters. The van der Waals surface area contributed by atoms with E-state index in [2.05, 4.69) is 20.4 Å². The Balaban J connectivity index is 2.16. The van der Waals surface area contributed by atoms with Gasteiger partial charge in [0, 0.05) is 0 Å². The van der Waals surface area contributed by atoms with Crippen LogP contribution in [0.4, 0.5) is 11.4 Å².